The van der Waals surface area contributed by atoms with E-state index in [1.54, 1.807) is 11.0 Å². The number of phenolic OH excluding ortho intramolecular Hbond substituents is 1. The van der Waals surface area contributed by atoms with E-state index in [1.807, 2.05) is 11.8 Å². The summed E-state index contributed by atoms with van der Waals surface area (Å²) in [5.74, 6) is 0.882. The lowest BCUT2D eigenvalue weighted by molar-refractivity contribution is 0.0748. The number of phenols is 1. The summed E-state index contributed by atoms with van der Waals surface area (Å²) in [5, 5.41) is 9.84. The first-order chi connectivity index (χ1) is 8.39. The van der Waals surface area contributed by atoms with Crippen LogP contribution < -0.4 is 0 Å². The molecule has 18 heavy (non-hydrogen) atoms. The normalized spacial score (nSPS) is 18.7. The number of hydrogen-bond acceptors (Lipinski definition) is 3. The van der Waals surface area contributed by atoms with Gasteiger partial charge in [-0.05, 0) is 32.0 Å². The highest BCUT2D eigenvalue weighted by atomic mass is 35.5. The molecule has 0 saturated carbocycles. The molecule has 1 aromatic rings. The average molecular weight is 286 g/mol. The molecule has 1 saturated heterocycles. The molecule has 0 aromatic heterocycles. The summed E-state index contributed by atoms with van der Waals surface area (Å²) in [5.41, 5.74) is 0.374. The zero-order chi connectivity index (χ0) is 13.3. The van der Waals surface area contributed by atoms with E-state index in [0.717, 1.165) is 12.3 Å². The maximum atomic E-state index is 12.4. The number of hydrogen-bond donors (Lipinski definition) is 1. The molecule has 1 aliphatic rings. The van der Waals surface area contributed by atoms with Crippen molar-refractivity contribution in [2.75, 3.05) is 18.8 Å². The summed E-state index contributed by atoms with van der Waals surface area (Å²) < 4.78 is 0.0667. The van der Waals surface area contributed by atoms with Crippen LogP contribution in [0.25, 0.3) is 0 Å². The highest BCUT2D eigenvalue weighted by Crippen LogP contribution is 2.31. The SMILES string of the molecule is CC1(C)CN(C(=O)c2cc(O)ccc2Cl)CCS1. The summed E-state index contributed by atoms with van der Waals surface area (Å²) in [6.07, 6.45) is 0. The van der Waals surface area contributed by atoms with E-state index in [1.165, 1.54) is 12.1 Å². The molecule has 1 fully saturated rings. The lowest BCUT2D eigenvalue weighted by Gasteiger charge is -2.37. The van der Waals surface area contributed by atoms with Crippen LogP contribution >= 0.6 is 23.4 Å². The van der Waals surface area contributed by atoms with E-state index in [2.05, 4.69) is 13.8 Å². The Labute approximate surface area is 116 Å². The van der Waals surface area contributed by atoms with Crippen LogP contribution in [0.2, 0.25) is 5.02 Å². The van der Waals surface area contributed by atoms with E-state index in [9.17, 15) is 9.90 Å². The zero-order valence-corrected chi connectivity index (χ0v) is 12.0. The summed E-state index contributed by atoms with van der Waals surface area (Å²) in [4.78, 5) is 14.2. The van der Waals surface area contributed by atoms with E-state index in [-0.39, 0.29) is 16.4 Å². The number of rotatable bonds is 1. The van der Waals surface area contributed by atoms with Crippen LogP contribution in [0.5, 0.6) is 5.75 Å². The van der Waals surface area contributed by atoms with Crippen molar-refractivity contribution in [2.24, 2.45) is 0 Å². The molecular formula is C13H16ClNO2S. The molecule has 0 atom stereocenters. The van der Waals surface area contributed by atoms with Crippen molar-refractivity contribution < 1.29 is 9.90 Å². The quantitative estimate of drug-likeness (QED) is 0.862. The third-order valence-corrected chi connectivity index (χ3v) is 4.52. The maximum absolute atomic E-state index is 12.4. The van der Waals surface area contributed by atoms with Crippen molar-refractivity contribution in [3.8, 4) is 5.75 Å². The first-order valence-corrected chi connectivity index (χ1v) is 7.17. The Balaban J connectivity index is 2.23. The average Bonchev–Trinajstić information content (AvgIpc) is 2.30. The van der Waals surface area contributed by atoms with E-state index < -0.39 is 0 Å². The molecule has 0 bridgehead atoms. The Kier molecular flexibility index (Phi) is 3.78. The molecule has 1 aliphatic heterocycles. The van der Waals surface area contributed by atoms with E-state index in [4.69, 9.17) is 11.6 Å². The second kappa shape index (κ2) is 5.02. The molecule has 1 amide bonds. The van der Waals surface area contributed by atoms with Crippen molar-refractivity contribution >= 4 is 29.3 Å². The Morgan fingerprint density at radius 1 is 1.50 bits per heavy atom. The highest BCUT2D eigenvalue weighted by Gasteiger charge is 2.30. The smallest absolute Gasteiger partial charge is 0.255 e. The van der Waals surface area contributed by atoms with Crippen molar-refractivity contribution in [1.82, 2.24) is 4.90 Å². The van der Waals surface area contributed by atoms with Crippen LogP contribution in [-0.4, -0.2) is 39.5 Å². The lowest BCUT2D eigenvalue weighted by Crippen LogP contribution is -2.46. The number of halogens is 1. The van der Waals surface area contributed by atoms with Gasteiger partial charge < -0.3 is 10.0 Å². The second-order valence-electron chi connectivity index (χ2n) is 5.00. The van der Waals surface area contributed by atoms with Gasteiger partial charge in [-0.3, -0.25) is 4.79 Å². The standard InChI is InChI=1S/C13H16ClNO2S/c1-13(2)8-15(5-6-18-13)12(17)10-7-9(16)3-4-11(10)14/h3-4,7,16H,5-6,8H2,1-2H3. The molecular weight excluding hydrogens is 270 g/mol. The molecule has 1 N–H and O–H groups in total. The number of nitrogens with zero attached hydrogens (tertiary/aromatic N) is 1. The summed E-state index contributed by atoms with van der Waals surface area (Å²) in [6, 6.07) is 4.46. The van der Waals surface area contributed by atoms with Gasteiger partial charge in [0.1, 0.15) is 5.75 Å². The summed E-state index contributed by atoms with van der Waals surface area (Å²) in [6.45, 7) is 5.67. The van der Waals surface area contributed by atoms with Gasteiger partial charge in [0.2, 0.25) is 0 Å². The molecule has 0 radical (unpaired) electrons. The minimum absolute atomic E-state index is 0.0633. The van der Waals surface area contributed by atoms with Gasteiger partial charge in [0.05, 0.1) is 10.6 Å². The number of aromatic hydroxyl groups is 1. The van der Waals surface area contributed by atoms with Crippen LogP contribution in [0.4, 0.5) is 0 Å². The minimum atomic E-state index is -0.107. The molecule has 5 heteroatoms. The molecule has 1 aromatic carbocycles. The van der Waals surface area contributed by atoms with E-state index in [0.29, 0.717) is 17.1 Å². The van der Waals surface area contributed by atoms with Crippen LogP contribution in [0.1, 0.15) is 24.2 Å². The number of carbonyl (C=O) groups excluding carboxylic acids is 1. The first kappa shape index (κ1) is 13.6. The summed E-state index contributed by atoms with van der Waals surface area (Å²) in [7, 11) is 0. The van der Waals surface area contributed by atoms with Gasteiger partial charge in [0.25, 0.3) is 5.91 Å². The van der Waals surface area contributed by atoms with Crippen LogP contribution in [0.15, 0.2) is 18.2 Å². The molecule has 2 rings (SSSR count). The fourth-order valence-electron chi connectivity index (χ4n) is 2.04. The fraction of sp³-hybridized carbons (Fsp3) is 0.462. The van der Waals surface area contributed by atoms with Crippen LogP contribution in [0, 0.1) is 0 Å². The topological polar surface area (TPSA) is 40.5 Å². The Bertz CT molecular complexity index is 476. The number of thioether (sulfide) groups is 1. The molecule has 98 valence electrons. The van der Waals surface area contributed by atoms with Gasteiger partial charge >= 0.3 is 0 Å². The van der Waals surface area contributed by atoms with Crippen molar-refractivity contribution in [2.45, 2.75) is 18.6 Å². The highest BCUT2D eigenvalue weighted by molar-refractivity contribution is 8.00. The van der Waals surface area contributed by atoms with Gasteiger partial charge in [-0.15, -0.1) is 0 Å². The van der Waals surface area contributed by atoms with Gasteiger partial charge in [-0.25, -0.2) is 0 Å². The molecule has 3 nitrogen and oxygen atoms in total. The Hall–Kier alpha value is -0.870. The molecule has 0 unspecified atom stereocenters. The third kappa shape index (κ3) is 2.93. The van der Waals surface area contributed by atoms with Crippen molar-refractivity contribution in [3.05, 3.63) is 28.8 Å². The fourth-order valence-corrected chi connectivity index (χ4v) is 3.35. The second-order valence-corrected chi connectivity index (χ2v) is 7.21. The Morgan fingerprint density at radius 3 is 2.89 bits per heavy atom. The minimum Gasteiger partial charge on any atom is -0.508 e. The molecule has 0 spiro atoms. The molecule has 1 heterocycles. The number of benzene rings is 1. The van der Waals surface area contributed by atoms with Crippen LogP contribution in [-0.2, 0) is 0 Å². The predicted octanol–water partition coefficient (Wildman–Crippen LogP) is 3.01. The van der Waals surface area contributed by atoms with Gasteiger partial charge in [0.15, 0.2) is 0 Å². The number of carbonyl (C=O) groups is 1. The van der Waals surface area contributed by atoms with Gasteiger partial charge in [-0.2, -0.15) is 11.8 Å². The van der Waals surface area contributed by atoms with Crippen LogP contribution in [0.3, 0.4) is 0 Å². The van der Waals surface area contributed by atoms with Crippen molar-refractivity contribution in [1.29, 1.82) is 0 Å². The molecule has 0 aliphatic carbocycles. The van der Waals surface area contributed by atoms with E-state index >= 15 is 0 Å². The maximum Gasteiger partial charge on any atom is 0.255 e. The largest absolute Gasteiger partial charge is 0.508 e. The first-order valence-electron chi connectivity index (χ1n) is 5.81. The third-order valence-electron chi connectivity index (χ3n) is 2.89. The lowest BCUT2D eigenvalue weighted by atomic mass is 10.1. The predicted molar refractivity (Wildman–Crippen MR) is 75.6 cm³/mol. The van der Waals surface area contributed by atoms with Gasteiger partial charge in [-0.1, -0.05) is 11.6 Å². The van der Waals surface area contributed by atoms with Gasteiger partial charge in [0, 0.05) is 23.6 Å². The Morgan fingerprint density at radius 2 is 2.22 bits per heavy atom. The monoisotopic (exact) mass is 285 g/mol. The summed E-state index contributed by atoms with van der Waals surface area (Å²) >= 11 is 7.89. The van der Waals surface area contributed by atoms with Crippen molar-refractivity contribution in [3.63, 3.8) is 0 Å². The number of amides is 1. The zero-order valence-electron chi connectivity index (χ0n) is 10.4.